The second-order valence-corrected chi connectivity index (χ2v) is 8.28. The zero-order valence-corrected chi connectivity index (χ0v) is 19.2. The van der Waals surface area contributed by atoms with Gasteiger partial charge in [-0.25, -0.2) is 9.97 Å². The first-order valence-electron chi connectivity index (χ1n) is 11.0. The van der Waals surface area contributed by atoms with Crippen LogP contribution in [0.4, 0.5) is 5.82 Å². The van der Waals surface area contributed by atoms with Gasteiger partial charge in [0.05, 0.1) is 19.7 Å². The molecule has 0 saturated heterocycles. The number of hydrogen-bond acceptors (Lipinski definition) is 5. The molecule has 0 fully saturated rings. The van der Waals surface area contributed by atoms with Crippen molar-refractivity contribution in [1.29, 1.82) is 0 Å². The molecular weight excluding hydrogens is 416 g/mol. The van der Waals surface area contributed by atoms with E-state index in [0.29, 0.717) is 43.2 Å². The molecule has 0 aliphatic carbocycles. The molecule has 0 radical (unpaired) electrons. The molecule has 2 aromatic carbocycles. The lowest BCUT2D eigenvalue weighted by atomic mass is 10.0. The van der Waals surface area contributed by atoms with Gasteiger partial charge in [-0.2, -0.15) is 0 Å². The number of aromatic nitrogens is 2. The molecule has 2 amide bonds. The molecular formula is C26H28N4O3. The quantitative estimate of drug-likeness (QED) is 0.556. The highest BCUT2D eigenvalue weighted by Crippen LogP contribution is 2.29. The number of carbonyl (C=O) groups is 2. The number of carbonyl (C=O) groups excluding carboxylic acids is 2. The minimum absolute atomic E-state index is 0.0518. The van der Waals surface area contributed by atoms with E-state index in [9.17, 15) is 9.59 Å². The summed E-state index contributed by atoms with van der Waals surface area (Å²) in [6, 6.07) is 17.3. The SMILES string of the molecule is COCc1ccc(C(=O)N(C)Cc2nc(C)c3c(n2)N(Cc2ccccc2)C(=O)CC3)cc1. The fourth-order valence-corrected chi connectivity index (χ4v) is 4.05. The largest absolute Gasteiger partial charge is 0.380 e. The average Bonchev–Trinajstić information content (AvgIpc) is 2.82. The molecule has 0 bridgehead atoms. The van der Waals surface area contributed by atoms with Gasteiger partial charge in [0.2, 0.25) is 5.91 Å². The third kappa shape index (κ3) is 5.09. The second-order valence-electron chi connectivity index (χ2n) is 8.28. The molecule has 33 heavy (non-hydrogen) atoms. The van der Waals surface area contributed by atoms with Crippen molar-refractivity contribution < 1.29 is 14.3 Å². The summed E-state index contributed by atoms with van der Waals surface area (Å²) in [5.74, 6) is 1.11. The first kappa shape index (κ1) is 22.6. The van der Waals surface area contributed by atoms with Crippen molar-refractivity contribution in [1.82, 2.24) is 14.9 Å². The molecule has 7 heteroatoms. The molecule has 1 aromatic heterocycles. The number of fused-ring (bicyclic) bond motifs is 1. The molecule has 7 nitrogen and oxygen atoms in total. The third-order valence-electron chi connectivity index (χ3n) is 5.80. The third-order valence-corrected chi connectivity index (χ3v) is 5.80. The monoisotopic (exact) mass is 444 g/mol. The molecule has 4 rings (SSSR count). The normalized spacial score (nSPS) is 13.1. The van der Waals surface area contributed by atoms with Crippen LogP contribution in [-0.2, 0) is 35.6 Å². The maximum Gasteiger partial charge on any atom is 0.254 e. The summed E-state index contributed by atoms with van der Waals surface area (Å²) in [6.07, 6.45) is 1.08. The van der Waals surface area contributed by atoms with Crippen molar-refractivity contribution >= 4 is 17.6 Å². The Balaban J connectivity index is 1.56. The maximum absolute atomic E-state index is 12.9. The van der Waals surface area contributed by atoms with Crippen molar-refractivity contribution in [3.8, 4) is 0 Å². The number of anilines is 1. The van der Waals surface area contributed by atoms with Crippen LogP contribution >= 0.6 is 0 Å². The van der Waals surface area contributed by atoms with Crippen molar-refractivity contribution in [3.05, 3.63) is 88.4 Å². The number of aryl methyl sites for hydroxylation is 1. The van der Waals surface area contributed by atoms with Crippen LogP contribution in [-0.4, -0.2) is 40.8 Å². The van der Waals surface area contributed by atoms with E-state index in [4.69, 9.17) is 9.72 Å². The molecule has 0 atom stereocenters. The van der Waals surface area contributed by atoms with Crippen LogP contribution in [0.1, 0.15) is 45.0 Å². The van der Waals surface area contributed by atoms with Gasteiger partial charge in [-0.1, -0.05) is 42.5 Å². The Morgan fingerprint density at radius 1 is 1.03 bits per heavy atom. The van der Waals surface area contributed by atoms with Gasteiger partial charge in [0, 0.05) is 37.4 Å². The van der Waals surface area contributed by atoms with Crippen LogP contribution in [0, 0.1) is 6.92 Å². The Hall–Kier alpha value is -3.58. The van der Waals surface area contributed by atoms with E-state index in [1.54, 1.807) is 36.1 Å². The van der Waals surface area contributed by atoms with Gasteiger partial charge in [-0.3, -0.25) is 14.5 Å². The van der Waals surface area contributed by atoms with Gasteiger partial charge in [-0.15, -0.1) is 0 Å². The number of benzene rings is 2. The summed E-state index contributed by atoms with van der Waals surface area (Å²) < 4.78 is 5.13. The zero-order valence-electron chi connectivity index (χ0n) is 19.2. The van der Waals surface area contributed by atoms with Gasteiger partial charge in [0.1, 0.15) is 11.6 Å². The number of rotatable bonds is 7. The lowest BCUT2D eigenvalue weighted by molar-refractivity contribution is -0.119. The Morgan fingerprint density at radius 3 is 2.45 bits per heavy atom. The van der Waals surface area contributed by atoms with Crippen LogP contribution in [0.2, 0.25) is 0 Å². The van der Waals surface area contributed by atoms with Crippen LogP contribution < -0.4 is 4.90 Å². The highest BCUT2D eigenvalue weighted by molar-refractivity contribution is 5.95. The highest BCUT2D eigenvalue weighted by Gasteiger charge is 2.28. The molecule has 0 spiro atoms. The summed E-state index contributed by atoms with van der Waals surface area (Å²) in [5.41, 5.74) is 4.49. The zero-order chi connectivity index (χ0) is 23.4. The Morgan fingerprint density at radius 2 is 1.76 bits per heavy atom. The predicted molar refractivity (Wildman–Crippen MR) is 126 cm³/mol. The molecule has 0 saturated carbocycles. The summed E-state index contributed by atoms with van der Waals surface area (Å²) in [7, 11) is 3.37. The Bertz CT molecular complexity index is 1150. The van der Waals surface area contributed by atoms with Gasteiger partial charge in [0.15, 0.2) is 0 Å². The molecule has 0 N–H and O–H groups in total. The van der Waals surface area contributed by atoms with Gasteiger partial charge < -0.3 is 9.64 Å². The van der Waals surface area contributed by atoms with Gasteiger partial charge in [-0.05, 0) is 36.6 Å². The van der Waals surface area contributed by atoms with E-state index in [1.165, 1.54) is 0 Å². The van der Waals surface area contributed by atoms with Crippen LogP contribution in [0.15, 0.2) is 54.6 Å². The maximum atomic E-state index is 12.9. The van der Waals surface area contributed by atoms with Crippen LogP contribution in [0.5, 0.6) is 0 Å². The predicted octanol–water partition coefficient (Wildman–Crippen LogP) is 3.68. The summed E-state index contributed by atoms with van der Waals surface area (Å²) >= 11 is 0. The van der Waals surface area contributed by atoms with E-state index in [2.05, 4.69) is 4.98 Å². The number of methoxy groups -OCH3 is 1. The summed E-state index contributed by atoms with van der Waals surface area (Å²) in [4.78, 5) is 38.4. The van der Waals surface area contributed by atoms with E-state index in [0.717, 1.165) is 22.4 Å². The van der Waals surface area contributed by atoms with Crippen LogP contribution in [0.3, 0.4) is 0 Å². The van der Waals surface area contributed by atoms with Crippen molar-refractivity contribution in [3.63, 3.8) is 0 Å². The Labute approximate surface area is 194 Å². The van der Waals surface area contributed by atoms with E-state index >= 15 is 0 Å². The molecule has 3 aromatic rings. The standard InChI is InChI=1S/C26H28N4O3/c1-18-22-13-14-24(31)30(15-19-7-5-4-6-8-19)25(22)28-23(27-18)16-29(2)26(32)21-11-9-20(10-12-21)17-33-3/h4-12H,13-17H2,1-3H3. The van der Waals surface area contributed by atoms with Gasteiger partial charge >= 0.3 is 0 Å². The first-order valence-corrected chi connectivity index (χ1v) is 11.0. The molecule has 0 unspecified atom stereocenters. The second kappa shape index (κ2) is 9.92. The Kier molecular flexibility index (Phi) is 6.79. The minimum Gasteiger partial charge on any atom is -0.380 e. The number of ether oxygens (including phenoxy) is 1. The van der Waals surface area contributed by atoms with E-state index in [1.807, 2.05) is 49.4 Å². The average molecular weight is 445 g/mol. The summed E-state index contributed by atoms with van der Waals surface area (Å²) in [5, 5.41) is 0. The first-order chi connectivity index (χ1) is 16.0. The van der Waals surface area contributed by atoms with Crippen LogP contribution in [0.25, 0.3) is 0 Å². The fourth-order valence-electron chi connectivity index (χ4n) is 4.05. The van der Waals surface area contributed by atoms with Crippen molar-refractivity contribution in [2.75, 3.05) is 19.1 Å². The summed E-state index contributed by atoms with van der Waals surface area (Å²) in [6.45, 7) is 3.16. The van der Waals surface area contributed by atoms with Crippen molar-refractivity contribution in [2.24, 2.45) is 0 Å². The molecule has 170 valence electrons. The number of nitrogens with zero attached hydrogens (tertiary/aromatic N) is 4. The smallest absolute Gasteiger partial charge is 0.254 e. The molecule has 1 aliphatic heterocycles. The topological polar surface area (TPSA) is 75.6 Å². The fraction of sp³-hybridized carbons (Fsp3) is 0.308. The van der Waals surface area contributed by atoms with Gasteiger partial charge in [0.25, 0.3) is 5.91 Å². The lowest BCUT2D eigenvalue weighted by Gasteiger charge is -2.30. The molecule has 1 aliphatic rings. The van der Waals surface area contributed by atoms with E-state index in [-0.39, 0.29) is 18.4 Å². The van der Waals surface area contributed by atoms with E-state index < -0.39 is 0 Å². The minimum atomic E-state index is -0.116. The molecule has 2 heterocycles. The number of amides is 2. The lowest BCUT2D eigenvalue weighted by Crippen LogP contribution is -2.36. The number of hydrogen-bond donors (Lipinski definition) is 0. The van der Waals surface area contributed by atoms with Crippen molar-refractivity contribution in [2.45, 2.75) is 39.5 Å². The highest BCUT2D eigenvalue weighted by atomic mass is 16.5.